The summed E-state index contributed by atoms with van der Waals surface area (Å²) in [5.41, 5.74) is 0.865. The van der Waals surface area contributed by atoms with Gasteiger partial charge in [0.25, 0.3) is 0 Å². The Bertz CT molecular complexity index is 644. The molecule has 1 amide bonds. The molecule has 5 nitrogen and oxygen atoms in total. The average Bonchev–Trinajstić information content (AvgIpc) is 3.40. The maximum absolute atomic E-state index is 13.8. The molecule has 3 fully saturated rings. The molecule has 2 heterocycles. The van der Waals surface area contributed by atoms with Crippen molar-refractivity contribution in [3.05, 3.63) is 29.8 Å². The number of hydrogen-bond acceptors (Lipinski definition) is 4. The molecule has 1 aromatic rings. The topological polar surface area (TPSA) is 44.8 Å². The van der Waals surface area contributed by atoms with Crippen LogP contribution in [0.1, 0.15) is 50.5 Å². The van der Waals surface area contributed by atoms with E-state index in [1.54, 1.807) is 7.11 Å². The Hall–Kier alpha value is -1.59. The molecule has 1 atom stereocenters. The molecule has 3 aliphatic rings. The Labute approximate surface area is 169 Å². The number of carbonyl (C=O) groups is 1. The summed E-state index contributed by atoms with van der Waals surface area (Å²) in [7, 11) is 1.69. The number of nitrogens with one attached hydrogen (secondary N) is 1. The number of hydrogen-bond donors (Lipinski definition) is 1. The monoisotopic (exact) mass is 385 g/mol. The summed E-state index contributed by atoms with van der Waals surface area (Å²) >= 11 is 0. The second kappa shape index (κ2) is 8.83. The largest absolute Gasteiger partial charge is 0.497 e. The summed E-state index contributed by atoms with van der Waals surface area (Å²) in [6.07, 6.45) is 7.98. The summed E-state index contributed by atoms with van der Waals surface area (Å²) in [5.74, 6) is 1.21. The van der Waals surface area contributed by atoms with Gasteiger partial charge in [0.1, 0.15) is 5.75 Å². The first-order valence-corrected chi connectivity index (χ1v) is 11.1. The number of ether oxygens (including phenoxy) is 1. The molecule has 1 N–H and O–H groups in total. The van der Waals surface area contributed by atoms with Gasteiger partial charge in [0, 0.05) is 19.1 Å². The van der Waals surface area contributed by atoms with Gasteiger partial charge in [0.15, 0.2) is 0 Å². The molecule has 28 heavy (non-hydrogen) atoms. The van der Waals surface area contributed by atoms with E-state index in [2.05, 4.69) is 27.2 Å². The zero-order chi connectivity index (χ0) is 19.4. The Morgan fingerprint density at radius 3 is 2.57 bits per heavy atom. The van der Waals surface area contributed by atoms with Gasteiger partial charge in [0.05, 0.1) is 12.5 Å². The molecule has 4 rings (SSSR count). The molecular formula is C23H35N3O2. The van der Waals surface area contributed by atoms with Crippen LogP contribution in [0.5, 0.6) is 5.75 Å². The fraction of sp³-hybridized carbons (Fsp3) is 0.696. The first kappa shape index (κ1) is 19.7. The first-order chi connectivity index (χ1) is 13.7. The molecule has 154 valence electrons. The predicted molar refractivity (Wildman–Crippen MR) is 112 cm³/mol. The summed E-state index contributed by atoms with van der Waals surface area (Å²) in [4.78, 5) is 18.6. The number of carbonyl (C=O) groups excluding carboxylic acids is 1. The van der Waals surface area contributed by atoms with Crippen molar-refractivity contribution in [3.8, 4) is 5.75 Å². The number of piperidine rings is 1. The van der Waals surface area contributed by atoms with Gasteiger partial charge in [-0.05, 0) is 88.8 Å². The molecule has 1 aromatic carbocycles. The van der Waals surface area contributed by atoms with Crippen molar-refractivity contribution in [2.45, 2.75) is 56.4 Å². The standard InChI is InChI=1S/C23H35N3O2/c1-28-21-9-7-19(8-10-21)23(11-12-23)22(27)26(20-6-4-13-24-18-20)17-5-16-25-14-2-3-15-25/h7-10,20,24H,2-6,11-18H2,1H3. The van der Waals surface area contributed by atoms with Gasteiger partial charge in [-0.15, -0.1) is 0 Å². The Morgan fingerprint density at radius 1 is 1.21 bits per heavy atom. The quantitative estimate of drug-likeness (QED) is 0.747. The second-order valence-electron chi connectivity index (χ2n) is 8.71. The lowest BCUT2D eigenvalue weighted by molar-refractivity contribution is -0.136. The predicted octanol–water partition coefficient (Wildman–Crippen LogP) is 2.79. The van der Waals surface area contributed by atoms with Crippen LogP contribution in [0.15, 0.2) is 24.3 Å². The van der Waals surface area contributed by atoms with E-state index in [1.165, 1.54) is 25.9 Å². The van der Waals surface area contributed by atoms with Crippen molar-refractivity contribution >= 4 is 5.91 Å². The zero-order valence-electron chi connectivity index (χ0n) is 17.3. The van der Waals surface area contributed by atoms with Gasteiger partial charge >= 0.3 is 0 Å². The van der Waals surface area contributed by atoms with E-state index < -0.39 is 0 Å². The van der Waals surface area contributed by atoms with Crippen LogP contribution in [-0.2, 0) is 10.2 Å². The number of nitrogens with zero attached hydrogens (tertiary/aromatic N) is 2. The van der Waals surface area contributed by atoms with Crippen LogP contribution in [0.25, 0.3) is 0 Å². The van der Waals surface area contributed by atoms with E-state index in [4.69, 9.17) is 4.74 Å². The van der Waals surface area contributed by atoms with Gasteiger partial charge in [-0.1, -0.05) is 12.1 Å². The van der Waals surface area contributed by atoms with Gasteiger partial charge in [-0.3, -0.25) is 4.79 Å². The van der Waals surface area contributed by atoms with E-state index in [1.807, 2.05) is 12.1 Å². The number of methoxy groups -OCH3 is 1. The lowest BCUT2D eigenvalue weighted by Gasteiger charge is -2.37. The molecule has 0 bridgehead atoms. The van der Waals surface area contributed by atoms with Crippen molar-refractivity contribution in [2.75, 3.05) is 46.4 Å². The van der Waals surface area contributed by atoms with Crippen molar-refractivity contribution in [2.24, 2.45) is 0 Å². The Balaban J connectivity index is 1.46. The molecule has 1 unspecified atom stereocenters. The van der Waals surface area contributed by atoms with Crippen LogP contribution in [0.4, 0.5) is 0 Å². The Morgan fingerprint density at radius 2 is 1.96 bits per heavy atom. The van der Waals surface area contributed by atoms with Gasteiger partial charge < -0.3 is 19.9 Å². The average molecular weight is 386 g/mol. The van der Waals surface area contributed by atoms with Crippen LogP contribution < -0.4 is 10.1 Å². The van der Waals surface area contributed by atoms with Crippen molar-refractivity contribution < 1.29 is 9.53 Å². The van der Waals surface area contributed by atoms with E-state index >= 15 is 0 Å². The fourth-order valence-corrected chi connectivity index (χ4v) is 4.96. The summed E-state index contributed by atoms with van der Waals surface area (Å²) in [5, 5.41) is 3.51. The highest BCUT2D eigenvalue weighted by Gasteiger charge is 2.53. The third kappa shape index (κ3) is 4.20. The van der Waals surface area contributed by atoms with Crippen LogP contribution >= 0.6 is 0 Å². The van der Waals surface area contributed by atoms with E-state index in [9.17, 15) is 4.79 Å². The fourth-order valence-electron chi connectivity index (χ4n) is 4.96. The van der Waals surface area contributed by atoms with Crippen molar-refractivity contribution in [1.29, 1.82) is 0 Å². The third-order valence-electron chi connectivity index (χ3n) is 6.85. The second-order valence-corrected chi connectivity index (χ2v) is 8.71. The minimum atomic E-state index is -0.294. The summed E-state index contributed by atoms with van der Waals surface area (Å²) in [6.45, 7) is 6.49. The van der Waals surface area contributed by atoms with Gasteiger partial charge in [0.2, 0.25) is 5.91 Å². The number of rotatable bonds is 8. The van der Waals surface area contributed by atoms with Crippen LogP contribution in [0, 0.1) is 0 Å². The minimum Gasteiger partial charge on any atom is -0.497 e. The van der Waals surface area contributed by atoms with E-state index in [-0.39, 0.29) is 5.41 Å². The molecule has 0 spiro atoms. The number of amides is 1. The molecular weight excluding hydrogens is 350 g/mol. The smallest absolute Gasteiger partial charge is 0.233 e. The maximum atomic E-state index is 13.8. The SMILES string of the molecule is COc1ccc(C2(C(=O)N(CCCN3CCCC3)C3CCCNC3)CC2)cc1. The molecule has 5 heteroatoms. The van der Waals surface area contributed by atoms with Gasteiger partial charge in [-0.25, -0.2) is 0 Å². The minimum absolute atomic E-state index is 0.294. The van der Waals surface area contributed by atoms with Crippen LogP contribution in [0.2, 0.25) is 0 Å². The highest BCUT2D eigenvalue weighted by atomic mass is 16.5. The van der Waals surface area contributed by atoms with Crippen LogP contribution in [-0.4, -0.2) is 68.1 Å². The highest BCUT2D eigenvalue weighted by Crippen LogP contribution is 2.50. The van der Waals surface area contributed by atoms with E-state index in [0.717, 1.165) is 69.6 Å². The van der Waals surface area contributed by atoms with Crippen LogP contribution in [0.3, 0.4) is 0 Å². The van der Waals surface area contributed by atoms with Crippen molar-refractivity contribution in [1.82, 2.24) is 15.1 Å². The van der Waals surface area contributed by atoms with Gasteiger partial charge in [-0.2, -0.15) is 0 Å². The number of benzene rings is 1. The molecule has 2 saturated heterocycles. The zero-order valence-corrected chi connectivity index (χ0v) is 17.3. The maximum Gasteiger partial charge on any atom is 0.233 e. The highest BCUT2D eigenvalue weighted by molar-refractivity contribution is 5.91. The summed E-state index contributed by atoms with van der Waals surface area (Å²) in [6, 6.07) is 8.50. The molecule has 0 radical (unpaired) electrons. The molecule has 1 aliphatic carbocycles. The molecule has 0 aromatic heterocycles. The summed E-state index contributed by atoms with van der Waals surface area (Å²) < 4.78 is 5.30. The third-order valence-corrected chi connectivity index (χ3v) is 6.85. The lowest BCUT2D eigenvalue weighted by Crippen LogP contribution is -2.52. The molecule has 2 aliphatic heterocycles. The first-order valence-electron chi connectivity index (χ1n) is 11.1. The lowest BCUT2D eigenvalue weighted by atomic mass is 9.92. The van der Waals surface area contributed by atoms with Crippen molar-refractivity contribution in [3.63, 3.8) is 0 Å². The number of likely N-dealkylation sites (tertiary alicyclic amines) is 1. The normalized spacial score (nSPS) is 24.1. The molecule has 1 saturated carbocycles. The van der Waals surface area contributed by atoms with E-state index in [0.29, 0.717) is 11.9 Å². The Kier molecular flexibility index (Phi) is 6.22.